The van der Waals surface area contributed by atoms with Gasteiger partial charge in [0.1, 0.15) is 5.82 Å². The van der Waals surface area contributed by atoms with Gasteiger partial charge >= 0.3 is 0 Å². The first-order valence-electron chi connectivity index (χ1n) is 9.15. The van der Waals surface area contributed by atoms with Gasteiger partial charge < -0.3 is 0 Å². The van der Waals surface area contributed by atoms with Gasteiger partial charge in [0.15, 0.2) is 9.34 Å². The van der Waals surface area contributed by atoms with Crippen LogP contribution in [0.25, 0.3) is 11.3 Å². The number of carbonyl (C=O) groups excluding carboxylic acids is 1. The number of carbonyl (C=O) groups is 1. The number of aromatic nitrogens is 2. The number of nitrogens with two attached hydrogens (primary N) is 1. The second-order valence-electron chi connectivity index (χ2n) is 7.23. The molecule has 4 rings (SSSR count). The van der Waals surface area contributed by atoms with Crippen LogP contribution in [-0.2, 0) is 27.7 Å². The Labute approximate surface area is 177 Å². The van der Waals surface area contributed by atoms with Crippen LogP contribution in [0.5, 0.6) is 0 Å². The molecule has 10 heteroatoms. The van der Waals surface area contributed by atoms with Gasteiger partial charge in [-0.2, -0.15) is 0 Å². The van der Waals surface area contributed by atoms with Gasteiger partial charge in [-0.15, -0.1) is 0 Å². The van der Waals surface area contributed by atoms with Gasteiger partial charge in [-0.3, -0.25) is 14.7 Å². The fourth-order valence-electron chi connectivity index (χ4n) is 3.68. The summed E-state index contributed by atoms with van der Waals surface area (Å²) >= 11 is 0.860. The maximum absolute atomic E-state index is 14.6. The van der Waals surface area contributed by atoms with Crippen molar-refractivity contribution in [2.75, 3.05) is 11.9 Å². The molecule has 0 fully saturated rings. The summed E-state index contributed by atoms with van der Waals surface area (Å²) in [6.45, 7) is 1.53. The molecule has 0 aliphatic heterocycles. The van der Waals surface area contributed by atoms with Crippen LogP contribution in [0.2, 0.25) is 0 Å². The standard InChI is InChI=1S/C20H19FN4O3S2/c1-11-19(30(22,27)28)29-20(24-11)25(2)18(26)14-7-12-9-15(16(21)10-13(12)8-14)17-5-3-4-6-23-17/h3-6,9-10,14H,7-8H2,1-2H3,(H2,22,27,28)/t14-/m0/s1. The zero-order chi connectivity index (χ0) is 21.6. The molecule has 1 aliphatic rings. The van der Waals surface area contributed by atoms with Crippen LogP contribution < -0.4 is 10.0 Å². The van der Waals surface area contributed by atoms with Crippen molar-refractivity contribution in [2.45, 2.75) is 24.0 Å². The Bertz CT molecular complexity index is 1240. The van der Waals surface area contributed by atoms with Crippen LogP contribution in [-0.4, -0.2) is 31.3 Å². The zero-order valence-corrected chi connectivity index (χ0v) is 17.9. The average molecular weight is 447 g/mol. The number of fused-ring (bicyclic) bond motifs is 1. The Kier molecular flexibility index (Phi) is 5.16. The van der Waals surface area contributed by atoms with Crippen LogP contribution in [0.4, 0.5) is 9.52 Å². The quantitative estimate of drug-likeness (QED) is 0.663. The number of sulfonamides is 1. The number of hydrogen-bond donors (Lipinski definition) is 1. The second kappa shape index (κ2) is 7.53. The highest BCUT2D eigenvalue weighted by molar-refractivity contribution is 7.91. The van der Waals surface area contributed by atoms with Crippen LogP contribution in [0.3, 0.4) is 0 Å². The first kappa shape index (κ1) is 20.6. The minimum atomic E-state index is -3.90. The van der Waals surface area contributed by atoms with Crippen molar-refractivity contribution in [3.05, 3.63) is 59.2 Å². The number of benzene rings is 1. The van der Waals surface area contributed by atoms with E-state index in [-0.39, 0.29) is 32.7 Å². The molecule has 1 aromatic carbocycles. The van der Waals surface area contributed by atoms with E-state index in [0.29, 0.717) is 24.1 Å². The number of aryl methyl sites for hydroxylation is 1. The Morgan fingerprint density at radius 2 is 1.97 bits per heavy atom. The summed E-state index contributed by atoms with van der Waals surface area (Å²) in [4.78, 5) is 22.8. The highest BCUT2D eigenvalue weighted by atomic mass is 32.2. The van der Waals surface area contributed by atoms with Crippen molar-refractivity contribution in [1.29, 1.82) is 0 Å². The molecule has 0 radical (unpaired) electrons. The summed E-state index contributed by atoms with van der Waals surface area (Å²) in [6, 6.07) is 8.53. The summed E-state index contributed by atoms with van der Waals surface area (Å²) in [7, 11) is -2.35. The molecule has 0 bridgehead atoms. The van der Waals surface area contributed by atoms with E-state index in [1.165, 1.54) is 17.9 Å². The number of thiazole rings is 1. The van der Waals surface area contributed by atoms with Crippen molar-refractivity contribution in [3.63, 3.8) is 0 Å². The van der Waals surface area contributed by atoms with Crippen LogP contribution in [0.1, 0.15) is 16.8 Å². The smallest absolute Gasteiger partial charge is 0.249 e. The lowest BCUT2D eigenvalue weighted by Gasteiger charge is -2.18. The van der Waals surface area contributed by atoms with Crippen LogP contribution in [0, 0.1) is 18.7 Å². The minimum Gasteiger partial charge on any atom is -0.291 e. The number of anilines is 1. The summed E-state index contributed by atoms with van der Waals surface area (Å²) in [6.07, 6.45) is 2.48. The molecule has 2 aromatic heterocycles. The molecule has 2 heterocycles. The lowest BCUT2D eigenvalue weighted by molar-refractivity contribution is -0.121. The molecular weight excluding hydrogens is 427 g/mol. The number of amides is 1. The molecule has 156 valence electrons. The van der Waals surface area contributed by atoms with Gasteiger partial charge in [-0.25, -0.2) is 22.9 Å². The van der Waals surface area contributed by atoms with Gasteiger partial charge in [0.05, 0.1) is 11.4 Å². The minimum absolute atomic E-state index is 0.0612. The lowest BCUT2D eigenvalue weighted by Crippen LogP contribution is -2.33. The molecule has 1 aliphatic carbocycles. The van der Waals surface area contributed by atoms with Crippen molar-refractivity contribution >= 4 is 32.4 Å². The largest absolute Gasteiger partial charge is 0.291 e. The topological polar surface area (TPSA) is 106 Å². The molecule has 0 spiro atoms. The van der Waals surface area contributed by atoms with Crippen LogP contribution >= 0.6 is 11.3 Å². The van der Waals surface area contributed by atoms with Crippen molar-refractivity contribution < 1.29 is 17.6 Å². The van der Waals surface area contributed by atoms with E-state index in [1.807, 2.05) is 0 Å². The van der Waals surface area contributed by atoms with Gasteiger partial charge in [-0.05, 0) is 55.2 Å². The Morgan fingerprint density at radius 1 is 1.27 bits per heavy atom. The highest BCUT2D eigenvalue weighted by Crippen LogP contribution is 2.35. The first-order chi connectivity index (χ1) is 14.1. The maximum Gasteiger partial charge on any atom is 0.249 e. The number of pyridine rings is 1. The Hall–Kier alpha value is -2.69. The summed E-state index contributed by atoms with van der Waals surface area (Å²) in [5.74, 6) is -0.964. The number of primary sulfonamides is 1. The third-order valence-corrected chi connectivity index (χ3v) is 7.92. The van der Waals surface area contributed by atoms with E-state index in [0.717, 1.165) is 22.5 Å². The molecule has 1 atom stereocenters. The number of hydrogen-bond acceptors (Lipinski definition) is 6. The summed E-state index contributed by atoms with van der Waals surface area (Å²) < 4.78 is 37.9. The average Bonchev–Trinajstić information content (AvgIpc) is 3.29. The second-order valence-corrected chi connectivity index (χ2v) is 9.97. The predicted molar refractivity (Wildman–Crippen MR) is 112 cm³/mol. The molecule has 1 amide bonds. The van der Waals surface area contributed by atoms with E-state index >= 15 is 0 Å². The predicted octanol–water partition coefficient (Wildman–Crippen LogP) is 2.68. The summed E-state index contributed by atoms with van der Waals surface area (Å²) in [5.41, 5.74) is 2.90. The number of halogens is 1. The fourth-order valence-corrected chi connectivity index (χ4v) is 5.59. The maximum atomic E-state index is 14.6. The zero-order valence-electron chi connectivity index (χ0n) is 16.3. The Morgan fingerprint density at radius 3 is 2.57 bits per heavy atom. The fraction of sp³-hybridized carbons (Fsp3) is 0.250. The first-order valence-corrected chi connectivity index (χ1v) is 11.5. The van der Waals surface area contributed by atoms with Crippen molar-refractivity contribution in [1.82, 2.24) is 9.97 Å². The van der Waals surface area contributed by atoms with E-state index < -0.39 is 10.0 Å². The third-order valence-electron chi connectivity index (χ3n) is 5.13. The molecule has 7 nitrogen and oxygen atoms in total. The number of nitrogens with zero attached hydrogens (tertiary/aromatic N) is 3. The molecule has 2 N–H and O–H groups in total. The van der Waals surface area contributed by atoms with Gasteiger partial charge in [0, 0.05) is 24.7 Å². The molecular formula is C20H19FN4O3S2. The van der Waals surface area contributed by atoms with Gasteiger partial charge in [0.25, 0.3) is 0 Å². The lowest BCUT2D eigenvalue weighted by atomic mass is 10.0. The van der Waals surface area contributed by atoms with Crippen LogP contribution in [0.15, 0.2) is 40.7 Å². The normalized spacial score (nSPS) is 15.8. The molecule has 30 heavy (non-hydrogen) atoms. The van der Waals surface area contributed by atoms with Gasteiger partial charge in [-0.1, -0.05) is 17.4 Å². The van der Waals surface area contributed by atoms with Crippen molar-refractivity contribution in [3.8, 4) is 11.3 Å². The number of rotatable bonds is 4. The van der Waals surface area contributed by atoms with Crippen molar-refractivity contribution in [2.24, 2.45) is 11.1 Å². The monoisotopic (exact) mass is 446 g/mol. The van der Waals surface area contributed by atoms with E-state index in [4.69, 9.17) is 5.14 Å². The summed E-state index contributed by atoms with van der Waals surface area (Å²) in [5, 5.41) is 5.46. The van der Waals surface area contributed by atoms with E-state index in [1.54, 1.807) is 37.5 Å². The SMILES string of the molecule is Cc1nc(N(C)C(=O)[C@@H]2Cc3cc(F)c(-c4ccccn4)cc3C2)sc1S(N)(=O)=O. The Balaban J connectivity index is 1.58. The molecule has 0 saturated carbocycles. The molecule has 3 aromatic rings. The highest BCUT2D eigenvalue weighted by Gasteiger charge is 2.32. The molecule has 0 saturated heterocycles. The third kappa shape index (κ3) is 3.73. The van der Waals surface area contributed by atoms with E-state index in [9.17, 15) is 17.6 Å². The van der Waals surface area contributed by atoms with E-state index in [2.05, 4.69) is 9.97 Å². The molecule has 0 unspecified atom stereocenters. The van der Waals surface area contributed by atoms with Gasteiger partial charge in [0.2, 0.25) is 15.9 Å².